The Balaban J connectivity index is 2.06. The maximum absolute atomic E-state index is 6.01. The summed E-state index contributed by atoms with van der Waals surface area (Å²) in [6.07, 6.45) is 3.82. The number of rotatable bonds is 6. The Hall–Kier alpha value is -1.95. The molecule has 0 aliphatic heterocycles. The summed E-state index contributed by atoms with van der Waals surface area (Å²) in [5.41, 5.74) is 7.71. The van der Waals surface area contributed by atoms with Gasteiger partial charge in [0, 0.05) is 6.07 Å². The molecule has 102 valence electrons. The van der Waals surface area contributed by atoms with E-state index in [4.69, 9.17) is 10.5 Å². The molecule has 6 heteroatoms. The molecular formula is C13H19N5O. The molecule has 0 aliphatic carbocycles. The average Bonchev–Trinajstić information content (AvgIpc) is 2.88. The first kappa shape index (κ1) is 13.5. The molecule has 1 unspecified atom stereocenters. The highest BCUT2D eigenvalue weighted by Gasteiger charge is 2.10. The van der Waals surface area contributed by atoms with Gasteiger partial charge in [0.05, 0.1) is 37.3 Å². The monoisotopic (exact) mass is 261 g/mol. The molecule has 2 aromatic rings. The second-order valence-electron chi connectivity index (χ2n) is 4.41. The van der Waals surface area contributed by atoms with Crippen molar-refractivity contribution in [2.24, 2.45) is 5.73 Å². The van der Waals surface area contributed by atoms with Crippen LogP contribution in [0, 0.1) is 0 Å². The largest absolute Gasteiger partial charge is 0.481 e. The van der Waals surface area contributed by atoms with Gasteiger partial charge in [-0.1, -0.05) is 24.6 Å². The van der Waals surface area contributed by atoms with Crippen molar-refractivity contribution in [3.8, 4) is 5.88 Å². The minimum absolute atomic E-state index is 0.0444. The van der Waals surface area contributed by atoms with E-state index >= 15 is 0 Å². The molecule has 0 radical (unpaired) electrons. The van der Waals surface area contributed by atoms with Gasteiger partial charge in [0.1, 0.15) is 0 Å². The lowest BCUT2D eigenvalue weighted by molar-refractivity contribution is 0.395. The van der Waals surface area contributed by atoms with Crippen LogP contribution in [-0.2, 0) is 6.54 Å². The van der Waals surface area contributed by atoms with Crippen molar-refractivity contribution >= 4 is 0 Å². The standard InChI is InChI=1S/C13H19N5O/c1-3-5-11(14)12-9-18(17-16-12)8-10-6-4-7-13(15-10)19-2/h4,6-7,9,11H,3,5,8,14H2,1-2H3. The number of pyridine rings is 1. The number of hydrogen-bond donors (Lipinski definition) is 1. The van der Waals surface area contributed by atoms with Crippen LogP contribution in [0.15, 0.2) is 24.4 Å². The van der Waals surface area contributed by atoms with Crippen molar-refractivity contribution in [1.82, 2.24) is 20.0 Å². The minimum Gasteiger partial charge on any atom is -0.481 e. The molecule has 1 atom stereocenters. The fourth-order valence-corrected chi connectivity index (χ4v) is 1.84. The van der Waals surface area contributed by atoms with Crippen molar-refractivity contribution < 1.29 is 4.74 Å². The first-order valence-electron chi connectivity index (χ1n) is 6.38. The zero-order valence-corrected chi connectivity index (χ0v) is 11.3. The molecule has 2 heterocycles. The quantitative estimate of drug-likeness (QED) is 0.853. The van der Waals surface area contributed by atoms with Crippen LogP contribution in [0.3, 0.4) is 0 Å². The second kappa shape index (κ2) is 6.29. The van der Waals surface area contributed by atoms with Gasteiger partial charge >= 0.3 is 0 Å². The average molecular weight is 261 g/mol. The van der Waals surface area contributed by atoms with Crippen LogP contribution >= 0.6 is 0 Å². The molecule has 0 saturated carbocycles. The van der Waals surface area contributed by atoms with E-state index < -0.39 is 0 Å². The Morgan fingerprint density at radius 1 is 1.42 bits per heavy atom. The molecule has 0 aliphatic rings. The molecule has 6 nitrogen and oxygen atoms in total. The van der Waals surface area contributed by atoms with Gasteiger partial charge in [-0.3, -0.25) is 0 Å². The number of methoxy groups -OCH3 is 1. The third-order valence-corrected chi connectivity index (χ3v) is 2.85. The van der Waals surface area contributed by atoms with Gasteiger partial charge < -0.3 is 10.5 Å². The highest BCUT2D eigenvalue weighted by atomic mass is 16.5. The summed E-state index contributed by atoms with van der Waals surface area (Å²) in [6, 6.07) is 5.60. The van der Waals surface area contributed by atoms with E-state index in [1.807, 2.05) is 24.4 Å². The van der Waals surface area contributed by atoms with Crippen LogP contribution in [0.1, 0.15) is 37.2 Å². The first-order valence-corrected chi connectivity index (χ1v) is 6.38. The van der Waals surface area contributed by atoms with E-state index in [-0.39, 0.29) is 6.04 Å². The lowest BCUT2D eigenvalue weighted by Gasteiger charge is -2.05. The number of ether oxygens (including phenoxy) is 1. The van der Waals surface area contributed by atoms with Crippen molar-refractivity contribution in [1.29, 1.82) is 0 Å². The van der Waals surface area contributed by atoms with E-state index in [0.717, 1.165) is 24.2 Å². The normalized spacial score (nSPS) is 12.4. The van der Waals surface area contributed by atoms with Gasteiger partial charge in [0.15, 0.2) is 0 Å². The highest BCUT2D eigenvalue weighted by Crippen LogP contribution is 2.13. The minimum atomic E-state index is -0.0444. The van der Waals surface area contributed by atoms with Gasteiger partial charge in [-0.15, -0.1) is 5.10 Å². The highest BCUT2D eigenvalue weighted by molar-refractivity contribution is 5.16. The van der Waals surface area contributed by atoms with Crippen LogP contribution in [0.25, 0.3) is 0 Å². The summed E-state index contributed by atoms with van der Waals surface area (Å²) in [5, 5.41) is 8.18. The molecule has 2 N–H and O–H groups in total. The summed E-state index contributed by atoms with van der Waals surface area (Å²) in [7, 11) is 1.60. The Bertz CT molecular complexity index is 525. The van der Waals surface area contributed by atoms with Crippen LogP contribution < -0.4 is 10.5 Å². The fraction of sp³-hybridized carbons (Fsp3) is 0.462. The zero-order valence-electron chi connectivity index (χ0n) is 11.3. The lowest BCUT2D eigenvalue weighted by Crippen LogP contribution is -2.10. The SMILES string of the molecule is CCCC(N)c1cn(Cc2cccc(OC)n2)nn1. The zero-order chi connectivity index (χ0) is 13.7. The summed E-state index contributed by atoms with van der Waals surface area (Å²) in [6.45, 7) is 2.66. The Labute approximate surface area is 112 Å². The fourth-order valence-electron chi connectivity index (χ4n) is 1.84. The van der Waals surface area contributed by atoms with E-state index in [1.165, 1.54) is 0 Å². The number of hydrogen-bond acceptors (Lipinski definition) is 5. The van der Waals surface area contributed by atoms with Crippen LogP contribution in [0.5, 0.6) is 5.88 Å². The first-order chi connectivity index (χ1) is 9.22. The summed E-state index contributed by atoms with van der Waals surface area (Å²) < 4.78 is 6.83. The van der Waals surface area contributed by atoms with Gasteiger partial charge in [0.25, 0.3) is 0 Å². The van der Waals surface area contributed by atoms with Gasteiger partial charge in [-0.2, -0.15) is 0 Å². The van der Waals surface area contributed by atoms with E-state index in [2.05, 4.69) is 22.2 Å². The van der Waals surface area contributed by atoms with Crippen molar-refractivity contribution in [3.63, 3.8) is 0 Å². The van der Waals surface area contributed by atoms with E-state index in [1.54, 1.807) is 11.8 Å². The van der Waals surface area contributed by atoms with Crippen LogP contribution in [0.2, 0.25) is 0 Å². The maximum Gasteiger partial charge on any atom is 0.213 e. The Morgan fingerprint density at radius 3 is 3.00 bits per heavy atom. The molecular weight excluding hydrogens is 242 g/mol. The van der Waals surface area contributed by atoms with Crippen LogP contribution in [-0.4, -0.2) is 27.1 Å². The molecule has 2 aromatic heterocycles. The predicted molar refractivity (Wildman–Crippen MR) is 71.7 cm³/mol. The third-order valence-electron chi connectivity index (χ3n) is 2.85. The Morgan fingerprint density at radius 2 is 2.26 bits per heavy atom. The summed E-state index contributed by atoms with van der Waals surface area (Å²) in [4.78, 5) is 4.33. The topological polar surface area (TPSA) is 78.9 Å². The van der Waals surface area contributed by atoms with E-state index in [0.29, 0.717) is 12.4 Å². The second-order valence-corrected chi connectivity index (χ2v) is 4.41. The van der Waals surface area contributed by atoms with Crippen molar-refractivity contribution in [2.45, 2.75) is 32.4 Å². The van der Waals surface area contributed by atoms with E-state index in [9.17, 15) is 0 Å². The number of nitrogens with zero attached hydrogens (tertiary/aromatic N) is 4. The van der Waals surface area contributed by atoms with Crippen LogP contribution in [0.4, 0.5) is 0 Å². The smallest absolute Gasteiger partial charge is 0.213 e. The van der Waals surface area contributed by atoms with Gasteiger partial charge in [-0.25, -0.2) is 9.67 Å². The molecule has 0 bridgehead atoms. The summed E-state index contributed by atoms with van der Waals surface area (Å²) >= 11 is 0. The maximum atomic E-state index is 6.01. The Kier molecular flexibility index (Phi) is 4.46. The summed E-state index contributed by atoms with van der Waals surface area (Å²) in [5.74, 6) is 0.598. The lowest BCUT2D eigenvalue weighted by atomic mass is 10.1. The molecule has 2 rings (SSSR count). The molecule has 0 fully saturated rings. The number of nitrogens with two attached hydrogens (primary N) is 1. The van der Waals surface area contributed by atoms with Gasteiger partial charge in [-0.05, 0) is 12.5 Å². The molecule has 0 amide bonds. The molecule has 0 spiro atoms. The number of aromatic nitrogens is 4. The van der Waals surface area contributed by atoms with Crippen molar-refractivity contribution in [2.75, 3.05) is 7.11 Å². The molecule has 19 heavy (non-hydrogen) atoms. The van der Waals surface area contributed by atoms with Crippen molar-refractivity contribution in [3.05, 3.63) is 35.8 Å². The van der Waals surface area contributed by atoms with Gasteiger partial charge in [0.2, 0.25) is 5.88 Å². The predicted octanol–water partition coefficient (Wildman–Crippen LogP) is 1.53. The third kappa shape index (κ3) is 3.51. The molecule has 0 saturated heterocycles. The molecule has 0 aromatic carbocycles.